The molecule has 2 atom stereocenters. The van der Waals surface area contributed by atoms with Crippen LogP contribution in [0.1, 0.15) is 33.1 Å². The summed E-state index contributed by atoms with van der Waals surface area (Å²) in [5, 5.41) is 15.6. The maximum absolute atomic E-state index is 12.1. The molecule has 0 spiro atoms. The van der Waals surface area contributed by atoms with Crippen molar-refractivity contribution in [2.75, 3.05) is 6.54 Å². The zero-order chi connectivity index (χ0) is 17.1. The molecule has 1 aliphatic rings. The fourth-order valence-corrected chi connectivity index (χ4v) is 3.06. The third-order valence-corrected chi connectivity index (χ3v) is 4.32. The molecule has 124 valence electrons. The minimum Gasteiger partial charge on any atom is -0.390 e. The van der Waals surface area contributed by atoms with Gasteiger partial charge in [0.25, 0.3) is 5.91 Å². The zero-order valence-electron chi connectivity index (χ0n) is 13.5. The number of hydrogen-bond donors (Lipinski definition) is 3. The maximum atomic E-state index is 12.1. The Morgan fingerprint density at radius 1 is 1.12 bits per heavy atom. The van der Waals surface area contributed by atoms with Crippen molar-refractivity contribution >= 4 is 11.8 Å². The molecule has 0 heterocycles. The summed E-state index contributed by atoms with van der Waals surface area (Å²) in [5.41, 5.74) is 3.38. The number of benzene rings is 2. The number of hydrogen-bond acceptors (Lipinski definition) is 3. The Morgan fingerprint density at radius 2 is 1.83 bits per heavy atom. The Morgan fingerprint density at radius 3 is 2.62 bits per heavy atom. The molecule has 0 aliphatic heterocycles. The lowest BCUT2D eigenvalue weighted by Gasteiger charge is -2.18. The van der Waals surface area contributed by atoms with Crippen LogP contribution < -0.4 is 10.6 Å². The van der Waals surface area contributed by atoms with Gasteiger partial charge in [0.1, 0.15) is 0 Å². The van der Waals surface area contributed by atoms with E-state index in [2.05, 4.69) is 10.6 Å². The van der Waals surface area contributed by atoms with Crippen LogP contribution in [0, 0.1) is 6.92 Å². The molecule has 0 saturated carbocycles. The largest absolute Gasteiger partial charge is 0.390 e. The molecule has 0 aromatic heterocycles. The molecule has 0 fully saturated rings. The second-order valence-corrected chi connectivity index (χ2v) is 6.01. The van der Waals surface area contributed by atoms with Crippen molar-refractivity contribution in [2.45, 2.75) is 25.5 Å². The molecule has 24 heavy (non-hydrogen) atoms. The molecule has 1 aliphatic carbocycles. The van der Waals surface area contributed by atoms with Gasteiger partial charge in [0.15, 0.2) is 0 Å². The van der Waals surface area contributed by atoms with Crippen LogP contribution in [0.15, 0.2) is 48.5 Å². The SMILES string of the molecule is Cc1ccccc1C(=O)NCC(=O)NC1c2ccccc2CC1O. The summed E-state index contributed by atoms with van der Waals surface area (Å²) in [7, 11) is 0. The predicted octanol–water partition coefficient (Wildman–Crippen LogP) is 1.50. The zero-order valence-corrected chi connectivity index (χ0v) is 13.5. The molecule has 2 aromatic carbocycles. The van der Waals surface area contributed by atoms with Gasteiger partial charge in [-0.25, -0.2) is 0 Å². The van der Waals surface area contributed by atoms with Gasteiger partial charge in [0.2, 0.25) is 5.91 Å². The van der Waals surface area contributed by atoms with Crippen molar-refractivity contribution < 1.29 is 14.7 Å². The van der Waals surface area contributed by atoms with Crippen molar-refractivity contribution in [1.82, 2.24) is 10.6 Å². The summed E-state index contributed by atoms with van der Waals surface area (Å²) >= 11 is 0. The van der Waals surface area contributed by atoms with E-state index < -0.39 is 12.1 Å². The summed E-state index contributed by atoms with van der Waals surface area (Å²) < 4.78 is 0. The number of amides is 2. The lowest BCUT2D eigenvalue weighted by molar-refractivity contribution is -0.121. The van der Waals surface area contributed by atoms with Crippen LogP contribution in [-0.2, 0) is 11.2 Å². The molecule has 0 radical (unpaired) electrons. The van der Waals surface area contributed by atoms with E-state index in [0.717, 1.165) is 16.7 Å². The van der Waals surface area contributed by atoms with E-state index in [-0.39, 0.29) is 18.4 Å². The average Bonchev–Trinajstić information content (AvgIpc) is 2.89. The molecule has 2 unspecified atom stereocenters. The Labute approximate surface area is 140 Å². The molecule has 3 N–H and O–H groups in total. The third kappa shape index (κ3) is 3.31. The van der Waals surface area contributed by atoms with Crippen molar-refractivity contribution in [3.63, 3.8) is 0 Å². The summed E-state index contributed by atoms with van der Waals surface area (Å²) in [5.74, 6) is -0.603. The van der Waals surface area contributed by atoms with E-state index >= 15 is 0 Å². The average molecular weight is 324 g/mol. The van der Waals surface area contributed by atoms with E-state index in [4.69, 9.17) is 0 Å². The van der Waals surface area contributed by atoms with Crippen LogP contribution in [0.2, 0.25) is 0 Å². The molecule has 0 saturated heterocycles. The fourth-order valence-electron chi connectivity index (χ4n) is 3.06. The van der Waals surface area contributed by atoms with Crippen LogP contribution in [0.4, 0.5) is 0 Å². The van der Waals surface area contributed by atoms with Crippen LogP contribution in [0.5, 0.6) is 0 Å². The molecule has 5 nitrogen and oxygen atoms in total. The highest BCUT2D eigenvalue weighted by atomic mass is 16.3. The molecular formula is C19H20N2O3. The van der Waals surface area contributed by atoms with E-state index in [1.165, 1.54) is 0 Å². The van der Waals surface area contributed by atoms with Gasteiger partial charge in [-0.2, -0.15) is 0 Å². The topological polar surface area (TPSA) is 78.4 Å². The van der Waals surface area contributed by atoms with Gasteiger partial charge in [0.05, 0.1) is 18.7 Å². The van der Waals surface area contributed by atoms with E-state index in [1.807, 2.05) is 43.3 Å². The van der Waals surface area contributed by atoms with Gasteiger partial charge in [-0.3, -0.25) is 9.59 Å². The van der Waals surface area contributed by atoms with Crippen LogP contribution in [0.25, 0.3) is 0 Å². The van der Waals surface area contributed by atoms with Gasteiger partial charge in [0, 0.05) is 12.0 Å². The van der Waals surface area contributed by atoms with E-state index in [1.54, 1.807) is 12.1 Å². The molecule has 3 rings (SSSR count). The predicted molar refractivity (Wildman–Crippen MR) is 90.5 cm³/mol. The first-order valence-corrected chi connectivity index (χ1v) is 7.95. The van der Waals surface area contributed by atoms with Crippen molar-refractivity contribution in [3.05, 3.63) is 70.8 Å². The molecular weight excluding hydrogens is 304 g/mol. The number of nitrogens with one attached hydrogen (secondary N) is 2. The first-order chi connectivity index (χ1) is 11.6. The molecule has 5 heteroatoms. The molecule has 2 amide bonds. The van der Waals surface area contributed by atoms with Crippen molar-refractivity contribution in [2.24, 2.45) is 0 Å². The molecule has 0 bridgehead atoms. The smallest absolute Gasteiger partial charge is 0.251 e. The summed E-state index contributed by atoms with van der Waals surface area (Å²) in [4.78, 5) is 24.3. The normalized spacial score (nSPS) is 18.8. The van der Waals surface area contributed by atoms with Gasteiger partial charge in [-0.15, -0.1) is 0 Å². The number of aliphatic hydroxyl groups excluding tert-OH is 1. The van der Waals surface area contributed by atoms with E-state index in [9.17, 15) is 14.7 Å². The first-order valence-electron chi connectivity index (χ1n) is 7.95. The lowest BCUT2D eigenvalue weighted by Crippen LogP contribution is -2.41. The Hall–Kier alpha value is -2.66. The van der Waals surface area contributed by atoms with E-state index in [0.29, 0.717) is 12.0 Å². The number of aliphatic hydroxyl groups is 1. The third-order valence-electron chi connectivity index (χ3n) is 4.32. The first kappa shape index (κ1) is 16.2. The summed E-state index contributed by atoms with van der Waals surface area (Å²) in [6, 6.07) is 14.4. The lowest BCUT2D eigenvalue weighted by atomic mass is 10.1. The Kier molecular flexibility index (Phi) is 4.62. The Bertz CT molecular complexity index is 773. The fraction of sp³-hybridized carbons (Fsp3) is 0.263. The monoisotopic (exact) mass is 324 g/mol. The quantitative estimate of drug-likeness (QED) is 0.797. The Balaban J connectivity index is 1.59. The van der Waals surface area contributed by atoms with Gasteiger partial charge in [-0.1, -0.05) is 42.5 Å². The summed E-state index contributed by atoms with van der Waals surface area (Å²) in [6.45, 7) is 1.72. The van der Waals surface area contributed by atoms with Gasteiger partial charge < -0.3 is 15.7 Å². The standard InChI is InChI=1S/C19H20N2O3/c1-12-6-2-4-8-14(12)19(24)20-11-17(23)21-18-15-9-5-3-7-13(15)10-16(18)22/h2-9,16,18,22H,10-11H2,1H3,(H,20,24)(H,21,23). The second kappa shape index (κ2) is 6.84. The number of fused-ring (bicyclic) bond motifs is 1. The highest BCUT2D eigenvalue weighted by Gasteiger charge is 2.31. The number of carbonyl (C=O) groups is 2. The van der Waals surface area contributed by atoms with Crippen molar-refractivity contribution in [1.29, 1.82) is 0 Å². The maximum Gasteiger partial charge on any atom is 0.251 e. The van der Waals surface area contributed by atoms with Crippen LogP contribution in [-0.4, -0.2) is 29.6 Å². The van der Waals surface area contributed by atoms with Gasteiger partial charge in [-0.05, 0) is 29.7 Å². The minimum absolute atomic E-state index is 0.126. The number of rotatable bonds is 4. The second-order valence-electron chi connectivity index (χ2n) is 6.01. The number of aryl methyl sites for hydroxylation is 1. The van der Waals surface area contributed by atoms with Crippen LogP contribution >= 0.6 is 0 Å². The highest BCUT2D eigenvalue weighted by Crippen LogP contribution is 2.30. The van der Waals surface area contributed by atoms with Gasteiger partial charge >= 0.3 is 0 Å². The molecule has 2 aromatic rings. The summed E-state index contributed by atoms with van der Waals surface area (Å²) in [6.07, 6.45) is -0.116. The van der Waals surface area contributed by atoms with Crippen molar-refractivity contribution in [3.8, 4) is 0 Å². The highest BCUT2D eigenvalue weighted by molar-refractivity contribution is 5.97. The minimum atomic E-state index is -0.640. The number of carbonyl (C=O) groups excluding carboxylic acids is 2. The van der Waals surface area contributed by atoms with Crippen LogP contribution in [0.3, 0.4) is 0 Å².